The first-order valence-electron chi connectivity index (χ1n) is 7.57. The normalized spacial score (nSPS) is 24.8. The predicted octanol–water partition coefficient (Wildman–Crippen LogP) is 4.44. The highest BCUT2D eigenvalue weighted by molar-refractivity contribution is 5.25. The van der Waals surface area contributed by atoms with E-state index in [1.807, 2.05) is 0 Å². The molecule has 0 spiro atoms. The first kappa shape index (κ1) is 13.6. The molecule has 1 fully saturated rings. The molecule has 1 aromatic carbocycles. The van der Waals surface area contributed by atoms with Crippen molar-refractivity contribution < 1.29 is 0 Å². The number of hydrogen-bond acceptors (Lipinski definition) is 1. The van der Waals surface area contributed by atoms with Crippen molar-refractivity contribution in [1.29, 1.82) is 0 Å². The molecule has 1 saturated carbocycles. The van der Waals surface area contributed by atoms with Gasteiger partial charge in [0.25, 0.3) is 0 Å². The zero-order valence-electron chi connectivity index (χ0n) is 11.9. The highest BCUT2D eigenvalue weighted by Crippen LogP contribution is 2.25. The lowest BCUT2D eigenvalue weighted by Gasteiger charge is -2.17. The SMILES string of the molecule is CCC1CCCC(NCc2ccccc2C)CC1. The molecule has 0 aromatic heterocycles. The first-order chi connectivity index (χ1) is 8.79. The van der Waals surface area contributed by atoms with E-state index in [9.17, 15) is 0 Å². The van der Waals surface area contributed by atoms with E-state index in [-0.39, 0.29) is 0 Å². The Morgan fingerprint density at radius 3 is 2.72 bits per heavy atom. The molecule has 2 unspecified atom stereocenters. The quantitative estimate of drug-likeness (QED) is 0.773. The fourth-order valence-corrected chi connectivity index (χ4v) is 3.05. The van der Waals surface area contributed by atoms with Crippen LogP contribution < -0.4 is 5.32 Å². The van der Waals surface area contributed by atoms with Gasteiger partial charge in [-0.3, -0.25) is 0 Å². The van der Waals surface area contributed by atoms with Gasteiger partial charge in [0.15, 0.2) is 0 Å². The third kappa shape index (κ3) is 3.84. The van der Waals surface area contributed by atoms with E-state index in [0.29, 0.717) is 0 Å². The topological polar surface area (TPSA) is 12.0 Å². The Balaban J connectivity index is 1.82. The third-order valence-corrected chi connectivity index (χ3v) is 4.51. The van der Waals surface area contributed by atoms with Crippen molar-refractivity contribution in [2.24, 2.45) is 5.92 Å². The van der Waals surface area contributed by atoms with Crippen molar-refractivity contribution in [2.45, 2.75) is 65.0 Å². The van der Waals surface area contributed by atoms with Gasteiger partial charge in [0, 0.05) is 12.6 Å². The summed E-state index contributed by atoms with van der Waals surface area (Å²) in [4.78, 5) is 0. The van der Waals surface area contributed by atoms with E-state index in [1.54, 1.807) is 0 Å². The van der Waals surface area contributed by atoms with E-state index < -0.39 is 0 Å². The Morgan fingerprint density at radius 2 is 1.94 bits per heavy atom. The minimum Gasteiger partial charge on any atom is -0.310 e. The lowest BCUT2D eigenvalue weighted by molar-refractivity contribution is 0.425. The van der Waals surface area contributed by atoms with Crippen LogP contribution in [0.25, 0.3) is 0 Å². The van der Waals surface area contributed by atoms with Crippen molar-refractivity contribution in [3.05, 3.63) is 35.4 Å². The van der Waals surface area contributed by atoms with Gasteiger partial charge in [0.1, 0.15) is 0 Å². The van der Waals surface area contributed by atoms with E-state index >= 15 is 0 Å². The highest BCUT2D eigenvalue weighted by Gasteiger charge is 2.17. The maximum atomic E-state index is 3.76. The largest absolute Gasteiger partial charge is 0.310 e. The summed E-state index contributed by atoms with van der Waals surface area (Å²) in [5, 5.41) is 3.76. The Kier molecular flexibility index (Phi) is 5.25. The van der Waals surface area contributed by atoms with Crippen LogP contribution in [0, 0.1) is 12.8 Å². The van der Waals surface area contributed by atoms with Crippen molar-refractivity contribution in [3.8, 4) is 0 Å². The van der Waals surface area contributed by atoms with E-state index in [1.165, 1.54) is 49.7 Å². The van der Waals surface area contributed by atoms with Gasteiger partial charge in [-0.05, 0) is 43.2 Å². The van der Waals surface area contributed by atoms with Crippen LogP contribution in [0.1, 0.15) is 56.6 Å². The summed E-state index contributed by atoms with van der Waals surface area (Å²) in [7, 11) is 0. The smallest absolute Gasteiger partial charge is 0.0210 e. The Bertz CT molecular complexity index is 358. The van der Waals surface area contributed by atoms with Crippen LogP contribution in [0.3, 0.4) is 0 Å². The van der Waals surface area contributed by atoms with Crippen LogP contribution in [-0.2, 0) is 6.54 Å². The van der Waals surface area contributed by atoms with Crippen molar-refractivity contribution in [2.75, 3.05) is 0 Å². The lowest BCUT2D eigenvalue weighted by Crippen LogP contribution is -2.28. The molecule has 0 heterocycles. The number of rotatable bonds is 4. The van der Waals surface area contributed by atoms with Crippen molar-refractivity contribution in [1.82, 2.24) is 5.32 Å². The molecule has 0 saturated heterocycles. The van der Waals surface area contributed by atoms with Crippen molar-refractivity contribution >= 4 is 0 Å². The van der Waals surface area contributed by atoms with Gasteiger partial charge in [-0.1, -0.05) is 50.5 Å². The molecule has 1 heteroatoms. The monoisotopic (exact) mass is 245 g/mol. The summed E-state index contributed by atoms with van der Waals surface area (Å²) in [6.07, 6.45) is 8.36. The van der Waals surface area contributed by atoms with Crippen LogP contribution in [0.4, 0.5) is 0 Å². The van der Waals surface area contributed by atoms with E-state index in [0.717, 1.165) is 18.5 Å². The fraction of sp³-hybridized carbons (Fsp3) is 0.647. The van der Waals surface area contributed by atoms with E-state index in [4.69, 9.17) is 0 Å². The Morgan fingerprint density at radius 1 is 1.11 bits per heavy atom. The molecule has 0 amide bonds. The number of nitrogens with one attached hydrogen (secondary N) is 1. The number of hydrogen-bond donors (Lipinski definition) is 1. The van der Waals surface area contributed by atoms with Gasteiger partial charge >= 0.3 is 0 Å². The Labute approximate surface area is 112 Å². The molecule has 0 aliphatic heterocycles. The molecule has 18 heavy (non-hydrogen) atoms. The summed E-state index contributed by atoms with van der Waals surface area (Å²) in [6.45, 7) is 5.58. The summed E-state index contributed by atoms with van der Waals surface area (Å²) in [5.41, 5.74) is 2.86. The summed E-state index contributed by atoms with van der Waals surface area (Å²) >= 11 is 0. The second-order valence-electron chi connectivity index (χ2n) is 5.79. The first-order valence-corrected chi connectivity index (χ1v) is 7.57. The Hall–Kier alpha value is -0.820. The molecule has 1 N–H and O–H groups in total. The lowest BCUT2D eigenvalue weighted by atomic mass is 9.98. The summed E-state index contributed by atoms with van der Waals surface area (Å²) < 4.78 is 0. The van der Waals surface area contributed by atoms with Gasteiger partial charge < -0.3 is 5.32 Å². The van der Waals surface area contributed by atoms with Gasteiger partial charge in [-0.15, -0.1) is 0 Å². The van der Waals surface area contributed by atoms with Gasteiger partial charge in [-0.2, -0.15) is 0 Å². The van der Waals surface area contributed by atoms with Crippen LogP contribution in [-0.4, -0.2) is 6.04 Å². The molecule has 1 aliphatic rings. The molecule has 2 atom stereocenters. The molecular weight excluding hydrogens is 218 g/mol. The third-order valence-electron chi connectivity index (χ3n) is 4.51. The second kappa shape index (κ2) is 6.94. The number of benzene rings is 1. The van der Waals surface area contributed by atoms with E-state index in [2.05, 4.69) is 43.4 Å². The highest BCUT2D eigenvalue weighted by atomic mass is 14.9. The van der Waals surface area contributed by atoms with Gasteiger partial charge in [0.05, 0.1) is 0 Å². The van der Waals surface area contributed by atoms with Crippen LogP contribution in [0.5, 0.6) is 0 Å². The van der Waals surface area contributed by atoms with Gasteiger partial charge in [-0.25, -0.2) is 0 Å². The maximum Gasteiger partial charge on any atom is 0.0210 e. The molecule has 1 nitrogen and oxygen atoms in total. The van der Waals surface area contributed by atoms with Crippen LogP contribution >= 0.6 is 0 Å². The van der Waals surface area contributed by atoms with Crippen LogP contribution in [0.2, 0.25) is 0 Å². The molecule has 100 valence electrons. The fourth-order valence-electron chi connectivity index (χ4n) is 3.05. The standard InChI is InChI=1S/C17H27N/c1-3-15-8-6-10-17(12-11-15)18-13-16-9-5-4-7-14(16)2/h4-5,7,9,15,17-18H,3,6,8,10-13H2,1-2H3. The summed E-state index contributed by atoms with van der Waals surface area (Å²) in [5.74, 6) is 0.982. The second-order valence-corrected chi connectivity index (χ2v) is 5.79. The average Bonchev–Trinajstić information content (AvgIpc) is 2.63. The van der Waals surface area contributed by atoms with Gasteiger partial charge in [0.2, 0.25) is 0 Å². The predicted molar refractivity (Wildman–Crippen MR) is 78.7 cm³/mol. The molecule has 0 bridgehead atoms. The average molecular weight is 245 g/mol. The maximum absolute atomic E-state index is 3.76. The molecule has 1 aromatic rings. The van der Waals surface area contributed by atoms with Crippen LogP contribution in [0.15, 0.2) is 24.3 Å². The zero-order valence-corrected chi connectivity index (χ0v) is 11.9. The minimum absolute atomic E-state index is 0.737. The minimum atomic E-state index is 0.737. The molecule has 2 rings (SSSR count). The summed E-state index contributed by atoms with van der Waals surface area (Å²) in [6, 6.07) is 9.45. The number of aryl methyl sites for hydroxylation is 1. The molecule has 1 aliphatic carbocycles. The van der Waals surface area contributed by atoms with Crippen molar-refractivity contribution in [3.63, 3.8) is 0 Å². The molecule has 0 radical (unpaired) electrons. The zero-order chi connectivity index (χ0) is 12.8. The molecular formula is C17H27N.